The van der Waals surface area contributed by atoms with E-state index < -0.39 is 0 Å². The van der Waals surface area contributed by atoms with Gasteiger partial charge in [0, 0.05) is 32.9 Å². The van der Waals surface area contributed by atoms with Crippen molar-refractivity contribution in [3.8, 4) is 0 Å². The molecule has 2 heterocycles. The molecule has 0 atom stereocenters. The van der Waals surface area contributed by atoms with Gasteiger partial charge < -0.3 is 19.3 Å². The molecule has 2 aliphatic rings. The zero-order valence-electron chi connectivity index (χ0n) is 26.0. The van der Waals surface area contributed by atoms with Crippen LogP contribution in [0, 0.1) is 0 Å². The summed E-state index contributed by atoms with van der Waals surface area (Å²) in [5.74, 6) is 2.12. The van der Waals surface area contributed by atoms with Crippen molar-refractivity contribution in [3.63, 3.8) is 0 Å². The van der Waals surface area contributed by atoms with E-state index in [9.17, 15) is 0 Å². The van der Waals surface area contributed by atoms with Crippen molar-refractivity contribution < 1.29 is 0 Å². The lowest BCUT2D eigenvalue weighted by Crippen LogP contribution is -2.32. The number of rotatable bonds is 7. The molecule has 212 valence electrons. The molecule has 0 radical (unpaired) electrons. The van der Waals surface area contributed by atoms with Crippen molar-refractivity contribution in [2.45, 2.75) is 87.4 Å². The Kier molecular flexibility index (Phi) is 12.9. The van der Waals surface area contributed by atoms with Gasteiger partial charge in [-0.1, -0.05) is 91.5 Å². The highest BCUT2D eigenvalue weighted by Crippen LogP contribution is 2.42. The number of para-hydroxylation sites is 2. The second kappa shape index (κ2) is 15.8. The summed E-state index contributed by atoms with van der Waals surface area (Å²) in [5, 5.41) is 2.43. The predicted octanol–water partition coefficient (Wildman–Crippen LogP) is 7.29. The molecule has 1 aliphatic heterocycles. The largest absolute Gasteiger partial charge is 0.378 e. The van der Waals surface area contributed by atoms with Crippen LogP contribution in [0.15, 0.2) is 60.9 Å². The molecule has 39 heavy (non-hydrogen) atoms. The number of benzene rings is 2. The highest BCUT2D eigenvalue weighted by Gasteiger charge is 2.30. The molecule has 2 aromatic carbocycles. The van der Waals surface area contributed by atoms with E-state index in [-0.39, 0.29) is 0 Å². The summed E-state index contributed by atoms with van der Waals surface area (Å²) < 4.78 is 2.41. The molecule has 0 fully saturated rings. The van der Waals surface area contributed by atoms with Crippen LogP contribution in [0.3, 0.4) is 0 Å². The average molecular weight is 530 g/mol. The summed E-state index contributed by atoms with van der Waals surface area (Å²) in [6, 6.07) is 17.4. The smallest absolute Gasteiger partial charge is 0.129 e. The van der Waals surface area contributed by atoms with Gasteiger partial charge in [0.2, 0.25) is 0 Å². The van der Waals surface area contributed by atoms with E-state index in [1.54, 1.807) is 0 Å². The minimum atomic E-state index is 0.723. The molecule has 1 aliphatic carbocycles. The van der Waals surface area contributed by atoms with Crippen molar-refractivity contribution >= 4 is 29.2 Å². The first kappa shape index (κ1) is 31.7. The van der Waals surface area contributed by atoms with E-state index in [0.29, 0.717) is 0 Å². The maximum absolute atomic E-state index is 5.05. The van der Waals surface area contributed by atoms with Gasteiger partial charge in [-0.3, -0.25) is 0 Å². The van der Waals surface area contributed by atoms with Crippen LogP contribution < -0.4 is 25.4 Å². The third-order valence-electron chi connectivity index (χ3n) is 6.58. The monoisotopic (exact) mass is 529 g/mol. The second-order valence-electron chi connectivity index (χ2n) is 9.07. The highest BCUT2D eigenvalue weighted by atomic mass is 15.4. The fourth-order valence-electron chi connectivity index (χ4n) is 4.85. The molecule has 5 rings (SSSR count). The Bertz CT molecular complexity index is 1280. The molecular weight excluding hydrogens is 478 g/mol. The minimum absolute atomic E-state index is 0.723. The number of hydrogen-bond donors (Lipinski definition) is 0. The van der Waals surface area contributed by atoms with Gasteiger partial charge in [-0.25, -0.2) is 4.98 Å². The van der Waals surface area contributed by atoms with Crippen molar-refractivity contribution in [2.24, 2.45) is 0 Å². The third kappa shape index (κ3) is 7.14. The summed E-state index contributed by atoms with van der Waals surface area (Å²) in [6.07, 6.45) is 7.90. The maximum atomic E-state index is 5.05. The molecular formula is C34H51N5. The zero-order valence-corrected chi connectivity index (χ0v) is 26.0. The van der Waals surface area contributed by atoms with Crippen molar-refractivity contribution in [3.05, 3.63) is 83.0 Å². The lowest BCUT2D eigenvalue weighted by molar-refractivity contribution is 0.618. The number of imidazole rings is 1. The lowest BCUT2D eigenvalue weighted by Gasteiger charge is -2.25. The van der Waals surface area contributed by atoms with Gasteiger partial charge in [-0.15, -0.1) is 0 Å². The number of nitrogens with zero attached hydrogens (tertiary/aromatic N) is 5. The molecule has 0 saturated carbocycles. The van der Waals surface area contributed by atoms with E-state index in [1.165, 1.54) is 28.0 Å². The van der Waals surface area contributed by atoms with Crippen LogP contribution in [0.2, 0.25) is 0 Å². The van der Waals surface area contributed by atoms with E-state index in [1.807, 2.05) is 41.5 Å². The van der Waals surface area contributed by atoms with Crippen LogP contribution >= 0.6 is 0 Å². The molecule has 5 heteroatoms. The molecule has 1 aromatic heterocycles. The minimum Gasteiger partial charge on any atom is -0.378 e. The van der Waals surface area contributed by atoms with Crippen LogP contribution in [-0.2, 0) is 19.6 Å². The Balaban J connectivity index is 0.000000833. The number of fused-ring (bicyclic) bond motifs is 2. The first-order valence-corrected chi connectivity index (χ1v) is 14.9. The van der Waals surface area contributed by atoms with Crippen LogP contribution in [0.1, 0.15) is 79.1 Å². The number of anilines is 3. The molecule has 0 bridgehead atoms. The Hall–Kier alpha value is -3.47. The van der Waals surface area contributed by atoms with Gasteiger partial charge in [0.1, 0.15) is 11.6 Å². The third-order valence-corrected chi connectivity index (χ3v) is 6.58. The van der Waals surface area contributed by atoms with Gasteiger partial charge in [0.25, 0.3) is 0 Å². The molecule has 0 N–H and O–H groups in total. The van der Waals surface area contributed by atoms with Crippen LogP contribution in [0.5, 0.6) is 0 Å². The first-order chi connectivity index (χ1) is 19.1. The topological polar surface area (TPSA) is 27.5 Å². The molecule has 3 aromatic rings. The summed E-state index contributed by atoms with van der Waals surface area (Å²) in [6.45, 7) is 21.3. The van der Waals surface area contributed by atoms with Crippen molar-refractivity contribution in [2.75, 3.05) is 28.8 Å². The number of hydrogen-bond acceptors (Lipinski definition) is 4. The predicted molar refractivity (Wildman–Crippen MR) is 173 cm³/mol. The van der Waals surface area contributed by atoms with Crippen molar-refractivity contribution in [1.29, 1.82) is 0 Å². The van der Waals surface area contributed by atoms with Gasteiger partial charge in [-0.05, 0) is 49.1 Å². The lowest BCUT2D eigenvalue weighted by atomic mass is 10.1. The second-order valence-corrected chi connectivity index (χ2v) is 9.07. The zero-order chi connectivity index (χ0) is 28.9. The molecule has 0 saturated heterocycles. The Labute approximate surface area is 237 Å². The Morgan fingerprint density at radius 1 is 0.795 bits per heavy atom. The van der Waals surface area contributed by atoms with Crippen molar-refractivity contribution in [1.82, 2.24) is 9.55 Å². The normalized spacial score (nSPS) is 12.8. The Morgan fingerprint density at radius 3 is 1.92 bits per heavy atom. The maximum Gasteiger partial charge on any atom is 0.129 e. The van der Waals surface area contributed by atoms with E-state index in [4.69, 9.17) is 4.98 Å². The van der Waals surface area contributed by atoms with E-state index in [0.717, 1.165) is 55.9 Å². The fraction of sp³-hybridized carbons (Fsp3) is 0.441. The molecule has 0 amide bonds. The van der Waals surface area contributed by atoms with Gasteiger partial charge in [-0.2, -0.15) is 0 Å². The summed E-state index contributed by atoms with van der Waals surface area (Å²) in [4.78, 5) is 11.8. The average Bonchev–Trinajstić information content (AvgIpc) is 3.47. The fourth-order valence-corrected chi connectivity index (χ4v) is 4.85. The van der Waals surface area contributed by atoms with Gasteiger partial charge in [0.15, 0.2) is 0 Å². The van der Waals surface area contributed by atoms with E-state index >= 15 is 0 Å². The summed E-state index contributed by atoms with van der Waals surface area (Å²) in [7, 11) is 4.14. The number of aromatic nitrogens is 2. The SMILES string of the molecule is C=C1N(Cc2ccc(N(C)C)cc2)c2ccccc2N1Cc1nc2c(n1CCC)=CCCC=2.CC.CC.CC. The van der Waals surface area contributed by atoms with Gasteiger partial charge in [0.05, 0.1) is 28.6 Å². The van der Waals surface area contributed by atoms with Crippen LogP contribution in [-0.4, -0.2) is 23.6 Å². The van der Waals surface area contributed by atoms with Crippen LogP contribution in [0.25, 0.3) is 12.2 Å². The highest BCUT2D eigenvalue weighted by molar-refractivity contribution is 5.82. The quantitative estimate of drug-likeness (QED) is 0.321. The molecule has 0 unspecified atom stereocenters. The van der Waals surface area contributed by atoms with Gasteiger partial charge >= 0.3 is 0 Å². The summed E-state index contributed by atoms with van der Waals surface area (Å²) in [5.41, 5.74) is 4.88. The Morgan fingerprint density at radius 2 is 1.36 bits per heavy atom. The summed E-state index contributed by atoms with van der Waals surface area (Å²) >= 11 is 0. The van der Waals surface area contributed by atoms with Crippen LogP contribution in [0.4, 0.5) is 17.1 Å². The van der Waals surface area contributed by atoms with E-state index in [2.05, 4.69) is 108 Å². The first-order valence-electron chi connectivity index (χ1n) is 14.9. The molecule has 0 spiro atoms. The molecule has 5 nitrogen and oxygen atoms in total. The standard InChI is InChI=1S/C28H33N5.3C2H6/c1-5-18-31-25-11-7-6-10-24(25)29-28(31)20-33-21(2)32(26-12-8-9-13-27(26)33)19-22-14-16-23(17-15-22)30(3)4;3*1-2/h8-17H,2,5-7,18-20H2,1,3-4H3;3*1-2H3.